The van der Waals surface area contributed by atoms with Crippen LogP contribution in [0.2, 0.25) is 0 Å². The van der Waals surface area contributed by atoms with E-state index >= 15 is 0 Å². The highest BCUT2D eigenvalue weighted by atomic mass is 16.7. The summed E-state index contributed by atoms with van der Waals surface area (Å²) < 4.78 is 9.47. The lowest BCUT2D eigenvalue weighted by atomic mass is 10.1. The van der Waals surface area contributed by atoms with Crippen molar-refractivity contribution in [1.82, 2.24) is 0 Å². The predicted octanol–water partition coefficient (Wildman–Crippen LogP) is -1.86. The van der Waals surface area contributed by atoms with Crippen LogP contribution in [0.5, 0.6) is 0 Å². The van der Waals surface area contributed by atoms with Crippen molar-refractivity contribution in [1.29, 1.82) is 0 Å². The second-order valence-corrected chi connectivity index (χ2v) is 2.96. The first-order valence-corrected chi connectivity index (χ1v) is 3.61. The third kappa shape index (κ3) is 1.52. The zero-order valence-electron chi connectivity index (χ0n) is 5.88. The van der Waals surface area contributed by atoms with Crippen molar-refractivity contribution in [3.8, 4) is 0 Å². The molecule has 0 aromatic rings. The fraction of sp³-hybridized carbons (Fsp3) is 1.00. The molecule has 2 fully saturated rings. The molecule has 5 atom stereocenters. The average molecular weight is 161 g/mol. The van der Waals surface area contributed by atoms with Crippen LogP contribution in [0.15, 0.2) is 0 Å². The SMILES string of the molecule is N[C@H](CC1OC1O)[C@H]1O[C@H]1O. The highest BCUT2D eigenvalue weighted by Gasteiger charge is 2.47. The molecule has 0 bridgehead atoms. The Labute approximate surface area is 63.7 Å². The van der Waals surface area contributed by atoms with Gasteiger partial charge in [-0.3, -0.25) is 0 Å². The molecule has 2 aliphatic heterocycles. The Morgan fingerprint density at radius 2 is 1.82 bits per heavy atom. The number of aliphatic hydroxyl groups is 2. The molecule has 2 unspecified atom stereocenters. The van der Waals surface area contributed by atoms with Gasteiger partial charge in [-0.15, -0.1) is 0 Å². The van der Waals surface area contributed by atoms with E-state index in [0.29, 0.717) is 6.42 Å². The summed E-state index contributed by atoms with van der Waals surface area (Å²) in [7, 11) is 0. The Morgan fingerprint density at radius 1 is 1.27 bits per heavy atom. The Hall–Kier alpha value is -0.200. The Bertz CT molecular complexity index is 165. The second kappa shape index (κ2) is 2.40. The molecule has 2 heterocycles. The highest BCUT2D eigenvalue weighted by molar-refractivity contribution is 4.91. The molecule has 0 spiro atoms. The van der Waals surface area contributed by atoms with Gasteiger partial charge in [0.2, 0.25) is 0 Å². The molecule has 0 aromatic carbocycles. The third-order valence-electron chi connectivity index (χ3n) is 1.98. The molecule has 2 saturated heterocycles. The van der Waals surface area contributed by atoms with E-state index in [1.54, 1.807) is 0 Å². The monoisotopic (exact) mass is 161 g/mol. The number of hydrogen-bond donors (Lipinski definition) is 3. The molecule has 0 aromatic heterocycles. The summed E-state index contributed by atoms with van der Waals surface area (Å²) >= 11 is 0. The molecule has 0 amide bonds. The standard InChI is InChI=1S/C6H11NO4/c7-2(4-6(9)11-4)1-3-5(8)10-3/h2-6,8-9H,1,7H2/t2-,3?,4-,5?,6-/m1/s1. The van der Waals surface area contributed by atoms with E-state index in [1.807, 2.05) is 0 Å². The maximum absolute atomic E-state index is 8.79. The summed E-state index contributed by atoms with van der Waals surface area (Å²) in [6, 6.07) is -0.229. The predicted molar refractivity (Wildman–Crippen MR) is 34.4 cm³/mol. The molecular weight excluding hydrogens is 150 g/mol. The third-order valence-corrected chi connectivity index (χ3v) is 1.98. The van der Waals surface area contributed by atoms with Crippen molar-refractivity contribution in [2.75, 3.05) is 0 Å². The normalized spacial score (nSPS) is 50.5. The van der Waals surface area contributed by atoms with Gasteiger partial charge >= 0.3 is 0 Å². The lowest BCUT2D eigenvalue weighted by molar-refractivity contribution is 0.155. The highest BCUT2D eigenvalue weighted by Crippen LogP contribution is 2.29. The molecule has 64 valence electrons. The molecule has 2 rings (SSSR count). The van der Waals surface area contributed by atoms with Crippen LogP contribution in [0, 0.1) is 0 Å². The van der Waals surface area contributed by atoms with Crippen LogP contribution in [-0.4, -0.2) is 41.0 Å². The van der Waals surface area contributed by atoms with Crippen LogP contribution in [-0.2, 0) is 9.47 Å². The number of nitrogens with two attached hydrogens (primary N) is 1. The molecule has 0 radical (unpaired) electrons. The van der Waals surface area contributed by atoms with Gasteiger partial charge in [-0.2, -0.15) is 0 Å². The van der Waals surface area contributed by atoms with Crippen LogP contribution in [0.25, 0.3) is 0 Å². The van der Waals surface area contributed by atoms with E-state index in [9.17, 15) is 0 Å². The van der Waals surface area contributed by atoms with Crippen molar-refractivity contribution in [3.05, 3.63) is 0 Å². The molecule has 0 aliphatic carbocycles. The van der Waals surface area contributed by atoms with Gasteiger partial charge in [0.25, 0.3) is 0 Å². The topological polar surface area (TPSA) is 91.5 Å². The number of hydrogen-bond acceptors (Lipinski definition) is 5. The van der Waals surface area contributed by atoms with E-state index in [4.69, 9.17) is 25.4 Å². The summed E-state index contributed by atoms with van der Waals surface area (Å²) in [4.78, 5) is 0. The maximum atomic E-state index is 8.79. The number of aliphatic hydroxyl groups excluding tert-OH is 2. The Morgan fingerprint density at radius 3 is 2.18 bits per heavy atom. The number of rotatable bonds is 3. The summed E-state index contributed by atoms with van der Waals surface area (Å²) in [6.45, 7) is 0. The smallest absolute Gasteiger partial charge is 0.183 e. The van der Waals surface area contributed by atoms with Crippen LogP contribution in [0.1, 0.15) is 6.42 Å². The van der Waals surface area contributed by atoms with Crippen molar-refractivity contribution >= 4 is 0 Å². The van der Waals surface area contributed by atoms with Crippen molar-refractivity contribution < 1.29 is 19.7 Å². The molecule has 0 saturated carbocycles. The first-order chi connectivity index (χ1) is 5.18. The van der Waals surface area contributed by atoms with Gasteiger partial charge in [0.15, 0.2) is 12.6 Å². The number of epoxide rings is 2. The zero-order chi connectivity index (χ0) is 8.01. The Balaban J connectivity index is 1.70. The molecular formula is C6H11NO4. The van der Waals surface area contributed by atoms with Gasteiger partial charge in [-0.25, -0.2) is 0 Å². The molecule has 11 heavy (non-hydrogen) atoms. The lowest BCUT2D eigenvalue weighted by Gasteiger charge is -2.03. The second-order valence-electron chi connectivity index (χ2n) is 2.96. The molecule has 5 heteroatoms. The zero-order valence-corrected chi connectivity index (χ0v) is 5.88. The fourth-order valence-corrected chi connectivity index (χ4v) is 1.14. The first kappa shape index (κ1) is 7.45. The number of ether oxygens (including phenoxy) is 2. The van der Waals surface area contributed by atoms with Crippen LogP contribution in [0.4, 0.5) is 0 Å². The van der Waals surface area contributed by atoms with E-state index in [-0.39, 0.29) is 18.2 Å². The van der Waals surface area contributed by atoms with Crippen molar-refractivity contribution in [2.24, 2.45) is 5.73 Å². The van der Waals surface area contributed by atoms with Gasteiger partial charge in [-0.05, 0) is 6.42 Å². The van der Waals surface area contributed by atoms with Crippen molar-refractivity contribution in [3.63, 3.8) is 0 Å². The molecule has 4 N–H and O–H groups in total. The van der Waals surface area contributed by atoms with Gasteiger partial charge in [0, 0.05) is 6.04 Å². The fourth-order valence-electron chi connectivity index (χ4n) is 1.14. The first-order valence-electron chi connectivity index (χ1n) is 3.61. The summed E-state index contributed by atoms with van der Waals surface area (Å²) in [5.41, 5.74) is 5.60. The lowest BCUT2D eigenvalue weighted by Crippen LogP contribution is -2.30. The minimum atomic E-state index is -0.708. The van der Waals surface area contributed by atoms with E-state index in [0.717, 1.165) is 0 Å². The minimum absolute atomic E-state index is 0.151. The van der Waals surface area contributed by atoms with Crippen molar-refractivity contribution in [2.45, 2.75) is 37.3 Å². The summed E-state index contributed by atoms with van der Waals surface area (Å²) in [6.07, 6.45) is -1.23. The van der Waals surface area contributed by atoms with Crippen LogP contribution in [0.3, 0.4) is 0 Å². The van der Waals surface area contributed by atoms with Gasteiger partial charge in [0.1, 0.15) is 12.2 Å². The molecule has 5 nitrogen and oxygen atoms in total. The van der Waals surface area contributed by atoms with Crippen LogP contribution < -0.4 is 5.73 Å². The van der Waals surface area contributed by atoms with Gasteiger partial charge in [0.05, 0.1) is 0 Å². The minimum Gasteiger partial charge on any atom is -0.366 e. The molecule has 2 aliphatic rings. The van der Waals surface area contributed by atoms with E-state index in [2.05, 4.69) is 0 Å². The van der Waals surface area contributed by atoms with Gasteiger partial charge in [-0.1, -0.05) is 0 Å². The largest absolute Gasteiger partial charge is 0.366 e. The van der Waals surface area contributed by atoms with E-state index in [1.165, 1.54) is 0 Å². The Kier molecular flexibility index (Phi) is 1.62. The quantitative estimate of drug-likeness (QED) is 0.422. The maximum Gasteiger partial charge on any atom is 0.183 e. The van der Waals surface area contributed by atoms with Gasteiger partial charge < -0.3 is 25.4 Å². The average Bonchev–Trinajstić information content (AvgIpc) is 2.76. The summed E-state index contributed by atoms with van der Waals surface area (Å²) in [5, 5.41) is 17.6. The summed E-state index contributed by atoms with van der Waals surface area (Å²) in [5.74, 6) is 0. The van der Waals surface area contributed by atoms with Crippen LogP contribution >= 0.6 is 0 Å². The van der Waals surface area contributed by atoms with E-state index < -0.39 is 12.6 Å².